The van der Waals surface area contributed by atoms with Gasteiger partial charge in [0, 0.05) is 0 Å². The van der Waals surface area contributed by atoms with Crippen molar-refractivity contribution in [2.45, 2.75) is 75.4 Å². The standard InChI is InChI=1S/C13H19NO6/c1-11(2)16-5-6-8(19-12(3,4)18-6)13(10(14)15)9(20-13)7(5)17-11/h5-9H,1-4H3,(H2,14,15)/t5-,6-,7-,8-,9?,13?/m0/s1. The Balaban J connectivity index is 1.75. The predicted molar refractivity (Wildman–Crippen MR) is 64.4 cm³/mol. The quantitative estimate of drug-likeness (QED) is 0.663. The molecule has 4 fully saturated rings. The Morgan fingerprint density at radius 3 is 1.80 bits per heavy atom. The van der Waals surface area contributed by atoms with Crippen molar-refractivity contribution in [2.75, 3.05) is 0 Å². The molecule has 3 aliphatic heterocycles. The van der Waals surface area contributed by atoms with E-state index in [9.17, 15) is 4.79 Å². The highest BCUT2D eigenvalue weighted by Gasteiger charge is 2.81. The highest BCUT2D eigenvalue weighted by molar-refractivity contribution is 5.88. The van der Waals surface area contributed by atoms with Crippen LogP contribution in [0.2, 0.25) is 0 Å². The van der Waals surface area contributed by atoms with Crippen molar-refractivity contribution in [1.82, 2.24) is 0 Å². The second kappa shape index (κ2) is 3.36. The zero-order valence-corrected chi connectivity index (χ0v) is 11.9. The van der Waals surface area contributed by atoms with Crippen LogP contribution in [0.1, 0.15) is 27.7 Å². The van der Waals surface area contributed by atoms with Gasteiger partial charge in [-0.25, -0.2) is 0 Å². The molecule has 6 atom stereocenters. The number of carbonyl (C=O) groups is 1. The smallest absolute Gasteiger partial charge is 0.255 e. The van der Waals surface area contributed by atoms with Gasteiger partial charge in [-0.05, 0) is 27.7 Å². The second-order valence-corrected chi connectivity index (χ2v) is 6.78. The lowest BCUT2D eigenvalue weighted by Gasteiger charge is -2.32. The summed E-state index contributed by atoms with van der Waals surface area (Å²) in [6, 6.07) is 0. The fraction of sp³-hybridized carbons (Fsp3) is 0.923. The van der Waals surface area contributed by atoms with Gasteiger partial charge in [0.15, 0.2) is 11.6 Å². The summed E-state index contributed by atoms with van der Waals surface area (Å²) in [7, 11) is 0. The number of ether oxygens (including phenoxy) is 5. The Kier molecular flexibility index (Phi) is 2.18. The predicted octanol–water partition coefficient (Wildman–Crippen LogP) is -0.337. The molecule has 3 saturated heterocycles. The van der Waals surface area contributed by atoms with Crippen LogP contribution in [0.3, 0.4) is 0 Å². The van der Waals surface area contributed by atoms with E-state index in [-0.39, 0.29) is 12.2 Å². The molecule has 4 rings (SSSR count). The third-order valence-corrected chi connectivity index (χ3v) is 4.41. The lowest BCUT2D eigenvalue weighted by atomic mass is 9.80. The third-order valence-electron chi connectivity index (χ3n) is 4.41. The summed E-state index contributed by atoms with van der Waals surface area (Å²) in [6.07, 6.45) is -2.10. The second-order valence-electron chi connectivity index (χ2n) is 6.78. The molecule has 0 bridgehead atoms. The van der Waals surface area contributed by atoms with Gasteiger partial charge in [-0.15, -0.1) is 0 Å². The summed E-state index contributed by atoms with van der Waals surface area (Å²) < 4.78 is 29.2. The largest absolute Gasteiger partial charge is 0.367 e. The first-order valence-corrected chi connectivity index (χ1v) is 6.85. The summed E-state index contributed by atoms with van der Waals surface area (Å²) in [4.78, 5) is 11.9. The van der Waals surface area contributed by atoms with Gasteiger partial charge >= 0.3 is 0 Å². The zero-order chi connectivity index (χ0) is 14.5. The molecule has 1 amide bonds. The molecule has 7 heteroatoms. The van der Waals surface area contributed by atoms with Gasteiger partial charge in [-0.2, -0.15) is 0 Å². The Bertz CT molecular complexity index is 491. The Morgan fingerprint density at radius 2 is 1.25 bits per heavy atom. The topological polar surface area (TPSA) is 92.5 Å². The lowest BCUT2D eigenvalue weighted by molar-refractivity contribution is -0.175. The Hall–Kier alpha value is -0.730. The minimum Gasteiger partial charge on any atom is -0.367 e. The van der Waals surface area contributed by atoms with Gasteiger partial charge in [0.2, 0.25) is 5.60 Å². The number of primary amides is 1. The monoisotopic (exact) mass is 285 g/mol. The van der Waals surface area contributed by atoms with E-state index in [1.165, 1.54) is 0 Å². The van der Waals surface area contributed by atoms with E-state index in [1.807, 2.05) is 13.8 Å². The summed E-state index contributed by atoms with van der Waals surface area (Å²) in [6.45, 7) is 7.26. The molecule has 20 heavy (non-hydrogen) atoms. The number of amides is 1. The molecular weight excluding hydrogens is 266 g/mol. The van der Waals surface area contributed by atoms with Crippen molar-refractivity contribution >= 4 is 5.91 Å². The molecule has 7 nitrogen and oxygen atoms in total. The van der Waals surface area contributed by atoms with Crippen LogP contribution in [-0.2, 0) is 28.5 Å². The maximum Gasteiger partial charge on any atom is 0.255 e. The van der Waals surface area contributed by atoms with Crippen LogP contribution in [0.25, 0.3) is 0 Å². The van der Waals surface area contributed by atoms with Gasteiger partial charge in [-0.1, -0.05) is 0 Å². The van der Waals surface area contributed by atoms with Crippen molar-refractivity contribution in [3.63, 3.8) is 0 Å². The molecule has 0 aromatic heterocycles. The minimum absolute atomic E-state index is 0.322. The highest BCUT2D eigenvalue weighted by Crippen LogP contribution is 2.58. The summed E-state index contributed by atoms with van der Waals surface area (Å²) in [5.74, 6) is -2.08. The molecule has 0 radical (unpaired) electrons. The van der Waals surface area contributed by atoms with Crippen LogP contribution >= 0.6 is 0 Å². The summed E-state index contributed by atoms with van der Waals surface area (Å²) in [5, 5.41) is 0. The third kappa shape index (κ3) is 1.44. The van der Waals surface area contributed by atoms with Crippen molar-refractivity contribution in [1.29, 1.82) is 0 Å². The van der Waals surface area contributed by atoms with Gasteiger partial charge in [0.1, 0.15) is 30.5 Å². The van der Waals surface area contributed by atoms with Gasteiger partial charge < -0.3 is 29.4 Å². The number of hydrogen-bond donors (Lipinski definition) is 1. The maximum atomic E-state index is 11.9. The molecule has 0 spiro atoms. The van der Waals surface area contributed by atoms with E-state index in [0.717, 1.165) is 0 Å². The van der Waals surface area contributed by atoms with E-state index in [1.54, 1.807) is 13.8 Å². The number of rotatable bonds is 1. The van der Waals surface area contributed by atoms with Crippen molar-refractivity contribution in [3.05, 3.63) is 0 Å². The molecule has 0 aromatic rings. The summed E-state index contributed by atoms with van der Waals surface area (Å²) in [5.41, 5.74) is 4.39. The molecule has 1 saturated carbocycles. The summed E-state index contributed by atoms with van der Waals surface area (Å²) >= 11 is 0. The van der Waals surface area contributed by atoms with Crippen LogP contribution in [0.5, 0.6) is 0 Å². The van der Waals surface area contributed by atoms with Crippen molar-refractivity contribution in [2.24, 2.45) is 5.73 Å². The minimum atomic E-state index is -1.15. The first-order chi connectivity index (χ1) is 9.16. The normalized spacial score (nSPS) is 53.9. The Labute approximate surface area is 116 Å². The number of nitrogens with two attached hydrogens (primary N) is 1. The number of carbonyl (C=O) groups excluding carboxylic acids is 1. The number of hydrogen-bond acceptors (Lipinski definition) is 6. The average molecular weight is 285 g/mol. The van der Waals surface area contributed by atoms with E-state index >= 15 is 0 Å². The van der Waals surface area contributed by atoms with E-state index < -0.39 is 41.4 Å². The SMILES string of the molecule is CC1(C)O[C@H]2[C@@H]3OC(C)(C)O[C@@H]3C3(C(N)=O)OC3[C@H]2O1. The van der Waals surface area contributed by atoms with Crippen LogP contribution in [0, 0.1) is 0 Å². The van der Waals surface area contributed by atoms with E-state index in [0.29, 0.717) is 0 Å². The van der Waals surface area contributed by atoms with Crippen molar-refractivity contribution in [3.8, 4) is 0 Å². The average Bonchev–Trinajstić information content (AvgIpc) is 2.86. The zero-order valence-electron chi connectivity index (χ0n) is 11.9. The molecule has 4 aliphatic rings. The van der Waals surface area contributed by atoms with Crippen LogP contribution < -0.4 is 5.73 Å². The van der Waals surface area contributed by atoms with Crippen molar-refractivity contribution < 1.29 is 28.5 Å². The van der Waals surface area contributed by atoms with Crippen LogP contribution in [0.4, 0.5) is 0 Å². The van der Waals surface area contributed by atoms with Gasteiger partial charge in [0.25, 0.3) is 5.91 Å². The maximum absolute atomic E-state index is 11.9. The van der Waals surface area contributed by atoms with Gasteiger partial charge in [-0.3, -0.25) is 4.79 Å². The Morgan fingerprint density at radius 1 is 0.800 bits per heavy atom. The van der Waals surface area contributed by atoms with E-state index in [4.69, 9.17) is 29.4 Å². The molecule has 1 aliphatic carbocycles. The van der Waals surface area contributed by atoms with Gasteiger partial charge in [0.05, 0.1) is 0 Å². The first kappa shape index (κ1) is 13.0. The lowest BCUT2D eigenvalue weighted by Crippen LogP contribution is -2.60. The first-order valence-electron chi connectivity index (χ1n) is 6.85. The van der Waals surface area contributed by atoms with Crippen LogP contribution in [0.15, 0.2) is 0 Å². The number of epoxide rings is 1. The molecular formula is C13H19NO6. The number of fused-ring (bicyclic) bond motifs is 6. The molecule has 0 aromatic carbocycles. The molecule has 2 unspecified atom stereocenters. The fourth-order valence-corrected chi connectivity index (χ4v) is 3.72. The molecule has 2 N–H and O–H groups in total. The fourth-order valence-electron chi connectivity index (χ4n) is 3.72. The van der Waals surface area contributed by atoms with Crippen LogP contribution in [-0.4, -0.2) is 53.6 Å². The molecule has 3 heterocycles. The van der Waals surface area contributed by atoms with E-state index in [2.05, 4.69) is 0 Å². The highest BCUT2D eigenvalue weighted by atomic mass is 16.8. The molecule has 112 valence electrons.